The zero-order chi connectivity index (χ0) is 18.8. The summed E-state index contributed by atoms with van der Waals surface area (Å²) in [4.78, 5) is 28.5. The van der Waals surface area contributed by atoms with Crippen LogP contribution in [0.25, 0.3) is 11.3 Å². The van der Waals surface area contributed by atoms with Crippen LogP contribution in [0.3, 0.4) is 0 Å². The molecular formula is C21H24N2O3S. The van der Waals surface area contributed by atoms with Crippen molar-refractivity contribution in [1.82, 2.24) is 4.98 Å². The van der Waals surface area contributed by atoms with Gasteiger partial charge >= 0.3 is 5.97 Å². The lowest BCUT2D eigenvalue weighted by Crippen LogP contribution is -2.23. The lowest BCUT2D eigenvalue weighted by atomic mass is 9.86. The molecule has 0 aliphatic heterocycles. The summed E-state index contributed by atoms with van der Waals surface area (Å²) in [6, 6.07) is 8.08. The van der Waals surface area contributed by atoms with Crippen molar-refractivity contribution >= 4 is 28.3 Å². The van der Waals surface area contributed by atoms with E-state index in [4.69, 9.17) is 4.74 Å². The summed E-state index contributed by atoms with van der Waals surface area (Å²) in [5, 5.41) is 5.13. The highest BCUT2D eigenvalue weighted by molar-refractivity contribution is 7.14. The number of rotatable bonds is 6. The van der Waals surface area contributed by atoms with E-state index in [2.05, 4.69) is 10.3 Å². The second-order valence-corrected chi connectivity index (χ2v) is 8.61. The molecule has 1 aromatic heterocycles. The molecule has 27 heavy (non-hydrogen) atoms. The molecule has 1 heterocycles. The van der Waals surface area contributed by atoms with E-state index in [-0.39, 0.29) is 18.5 Å². The molecule has 2 aliphatic carbocycles. The number of esters is 1. The molecule has 2 aromatic rings. The van der Waals surface area contributed by atoms with Crippen LogP contribution in [0.1, 0.15) is 37.7 Å². The highest BCUT2D eigenvalue weighted by atomic mass is 32.1. The van der Waals surface area contributed by atoms with E-state index >= 15 is 0 Å². The molecule has 5 nitrogen and oxygen atoms in total. The van der Waals surface area contributed by atoms with Crippen LogP contribution in [0.2, 0.25) is 0 Å². The molecule has 0 spiro atoms. The third kappa shape index (κ3) is 4.38. The molecular weight excluding hydrogens is 360 g/mol. The smallest absolute Gasteiger partial charge is 0.306 e. The van der Waals surface area contributed by atoms with Gasteiger partial charge in [0.2, 0.25) is 0 Å². The first-order valence-corrected chi connectivity index (χ1v) is 10.4. The predicted octanol–water partition coefficient (Wildman–Crippen LogP) is 4.43. The summed E-state index contributed by atoms with van der Waals surface area (Å²) >= 11 is 1.36. The number of carbonyl (C=O) groups excluding carboxylic acids is 2. The SMILES string of the molecule is Cc1ccc(-c2csc(NC(=O)COC(=O)C[C@H]3C[C@H]4CC[C@@H]3C4)n2)cc1. The molecule has 2 aliphatic rings. The zero-order valence-electron chi connectivity index (χ0n) is 15.4. The number of thiazole rings is 1. The Morgan fingerprint density at radius 1 is 1.22 bits per heavy atom. The minimum atomic E-state index is -0.346. The van der Waals surface area contributed by atoms with Gasteiger partial charge in [0.1, 0.15) is 0 Å². The molecule has 0 saturated heterocycles. The van der Waals surface area contributed by atoms with Crippen molar-refractivity contribution < 1.29 is 14.3 Å². The van der Waals surface area contributed by atoms with Crippen molar-refractivity contribution in [2.24, 2.45) is 17.8 Å². The van der Waals surface area contributed by atoms with E-state index in [0.29, 0.717) is 23.4 Å². The number of anilines is 1. The number of nitrogens with one attached hydrogen (secondary N) is 1. The average Bonchev–Trinajstić information content (AvgIpc) is 3.38. The molecule has 142 valence electrons. The minimum Gasteiger partial charge on any atom is -0.456 e. The molecule has 4 rings (SSSR count). The predicted molar refractivity (Wildman–Crippen MR) is 105 cm³/mol. The first-order valence-electron chi connectivity index (χ1n) is 9.55. The van der Waals surface area contributed by atoms with Crippen LogP contribution >= 0.6 is 11.3 Å². The van der Waals surface area contributed by atoms with Crippen LogP contribution in [-0.4, -0.2) is 23.5 Å². The Balaban J connectivity index is 1.23. The van der Waals surface area contributed by atoms with Crippen LogP contribution in [0.4, 0.5) is 5.13 Å². The second-order valence-electron chi connectivity index (χ2n) is 7.75. The monoisotopic (exact) mass is 384 g/mol. The fraction of sp³-hybridized carbons (Fsp3) is 0.476. The summed E-state index contributed by atoms with van der Waals surface area (Å²) in [6.45, 7) is 1.79. The fourth-order valence-electron chi connectivity index (χ4n) is 4.39. The Labute approximate surface area is 163 Å². The van der Waals surface area contributed by atoms with Crippen molar-refractivity contribution in [2.45, 2.75) is 39.0 Å². The lowest BCUT2D eigenvalue weighted by molar-refractivity contribution is -0.148. The van der Waals surface area contributed by atoms with Gasteiger partial charge < -0.3 is 4.74 Å². The number of hydrogen-bond donors (Lipinski definition) is 1. The van der Waals surface area contributed by atoms with Crippen molar-refractivity contribution in [3.63, 3.8) is 0 Å². The fourth-order valence-corrected chi connectivity index (χ4v) is 5.12. The molecule has 6 heteroatoms. The standard InChI is InChI=1S/C21H24N2O3S/c1-13-2-5-15(6-3-13)18-12-27-21(22-18)23-19(24)11-26-20(25)10-17-9-14-4-7-16(17)8-14/h2-3,5-6,12,14,16-17H,4,7-11H2,1H3,(H,22,23,24)/t14-,16+,17+/m0/s1. The number of ether oxygens (including phenoxy) is 1. The van der Waals surface area contributed by atoms with E-state index in [0.717, 1.165) is 23.6 Å². The number of aromatic nitrogens is 1. The molecule has 3 atom stereocenters. The van der Waals surface area contributed by atoms with Crippen LogP contribution in [0.15, 0.2) is 29.6 Å². The lowest BCUT2D eigenvalue weighted by Gasteiger charge is -2.20. The van der Waals surface area contributed by atoms with Gasteiger partial charge in [-0.05, 0) is 43.9 Å². The highest BCUT2D eigenvalue weighted by Crippen LogP contribution is 2.49. The molecule has 2 bridgehead atoms. The van der Waals surface area contributed by atoms with Gasteiger partial charge in [-0.25, -0.2) is 4.98 Å². The van der Waals surface area contributed by atoms with Crippen molar-refractivity contribution in [1.29, 1.82) is 0 Å². The van der Waals surface area contributed by atoms with Crippen LogP contribution in [0, 0.1) is 24.7 Å². The largest absolute Gasteiger partial charge is 0.456 e. The number of fused-ring (bicyclic) bond motifs is 2. The number of nitrogens with zero attached hydrogens (tertiary/aromatic N) is 1. The molecule has 1 N–H and O–H groups in total. The number of benzene rings is 1. The van der Waals surface area contributed by atoms with E-state index in [1.54, 1.807) is 0 Å². The van der Waals surface area contributed by atoms with Gasteiger partial charge in [-0.2, -0.15) is 0 Å². The van der Waals surface area contributed by atoms with Gasteiger partial charge in [-0.1, -0.05) is 36.2 Å². The molecule has 2 saturated carbocycles. The molecule has 1 aromatic carbocycles. The van der Waals surface area contributed by atoms with Crippen molar-refractivity contribution in [2.75, 3.05) is 11.9 Å². The Morgan fingerprint density at radius 3 is 2.74 bits per heavy atom. The number of hydrogen-bond acceptors (Lipinski definition) is 5. The average molecular weight is 385 g/mol. The van der Waals surface area contributed by atoms with Crippen molar-refractivity contribution in [3.8, 4) is 11.3 Å². The van der Waals surface area contributed by atoms with E-state index in [1.165, 1.54) is 36.2 Å². The second kappa shape index (κ2) is 7.80. The van der Waals surface area contributed by atoms with Gasteiger partial charge in [0.15, 0.2) is 11.7 Å². The number of aryl methyl sites for hydroxylation is 1. The maximum absolute atomic E-state index is 12.1. The summed E-state index contributed by atoms with van der Waals surface area (Å²) in [6.07, 6.45) is 5.43. The highest BCUT2D eigenvalue weighted by Gasteiger charge is 2.40. The maximum Gasteiger partial charge on any atom is 0.306 e. The summed E-state index contributed by atoms with van der Waals surface area (Å²) in [5.41, 5.74) is 3.02. The third-order valence-corrected chi connectivity index (χ3v) is 6.53. The molecule has 1 amide bonds. The Hall–Kier alpha value is -2.21. The first-order chi connectivity index (χ1) is 13.1. The normalized spacial score (nSPS) is 23.4. The van der Waals surface area contributed by atoms with Gasteiger partial charge in [0.25, 0.3) is 5.91 Å². The maximum atomic E-state index is 12.1. The van der Waals surface area contributed by atoms with Gasteiger partial charge in [-0.3, -0.25) is 14.9 Å². The molecule has 0 radical (unpaired) electrons. The zero-order valence-corrected chi connectivity index (χ0v) is 16.3. The molecule has 0 unspecified atom stereocenters. The Morgan fingerprint density at radius 2 is 2.04 bits per heavy atom. The van der Waals surface area contributed by atoms with Crippen LogP contribution in [-0.2, 0) is 14.3 Å². The number of amides is 1. The Bertz CT molecular complexity index is 830. The number of carbonyl (C=O) groups is 2. The molecule has 2 fully saturated rings. The minimum absolute atomic E-state index is 0.251. The summed E-state index contributed by atoms with van der Waals surface area (Å²) in [7, 11) is 0. The first kappa shape index (κ1) is 18.2. The van der Waals surface area contributed by atoms with Gasteiger partial charge in [0.05, 0.1) is 5.69 Å². The summed E-state index contributed by atoms with van der Waals surface area (Å²) in [5.74, 6) is 1.34. The Kier molecular flexibility index (Phi) is 5.25. The topological polar surface area (TPSA) is 68.3 Å². The van der Waals surface area contributed by atoms with Crippen molar-refractivity contribution in [3.05, 3.63) is 35.2 Å². The van der Waals surface area contributed by atoms with E-state index < -0.39 is 0 Å². The van der Waals surface area contributed by atoms with Gasteiger partial charge in [-0.15, -0.1) is 11.3 Å². The quantitative estimate of drug-likeness (QED) is 0.748. The van der Waals surface area contributed by atoms with E-state index in [1.807, 2.05) is 36.6 Å². The van der Waals surface area contributed by atoms with Gasteiger partial charge in [0, 0.05) is 17.4 Å². The summed E-state index contributed by atoms with van der Waals surface area (Å²) < 4.78 is 5.18. The third-order valence-electron chi connectivity index (χ3n) is 5.78. The van der Waals surface area contributed by atoms with Crippen LogP contribution < -0.4 is 5.32 Å². The van der Waals surface area contributed by atoms with E-state index in [9.17, 15) is 9.59 Å². The van der Waals surface area contributed by atoms with Crippen LogP contribution in [0.5, 0.6) is 0 Å².